The SMILES string of the molecule is CCCCCOc1ccc(Br)cc1CN1CCN(CCC#N)CC1. The zero-order chi connectivity index (χ0) is 17.2. The Morgan fingerprint density at radius 2 is 1.92 bits per heavy atom. The number of rotatable bonds is 9. The highest BCUT2D eigenvalue weighted by atomic mass is 79.9. The van der Waals surface area contributed by atoms with E-state index in [1.807, 2.05) is 0 Å². The highest BCUT2D eigenvalue weighted by Crippen LogP contribution is 2.25. The molecular weight excluding hydrogens is 366 g/mol. The van der Waals surface area contributed by atoms with Crippen molar-refractivity contribution in [3.63, 3.8) is 0 Å². The van der Waals surface area contributed by atoms with Crippen LogP contribution < -0.4 is 4.74 Å². The van der Waals surface area contributed by atoms with Crippen molar-refractivity contribution in [2.75, 3.05) is 39.3 Å². The number of nitrogens with zero attached hydrogens (tertiary/aromatic N) is 3. The average Bonchev–Trinajstić information content (AvgIpc) is 2.60. The fourth-order valence-electron chi connectivity index (χ4n) is 2.97. The van der Waals surface area contributed by atoms with Gasteiger partial charge in [-0.25, -0.2) is 0 Å². The molecule has 1 fully saturated rings. The summed E-state index contributed by atoms with van der Waals surface area (Å²) in [5.74, 6) is 1.02. The Bertz CT molecular complexity index is 536. The summed E-state index contributed by atoms with van der Waals surface area (Å²) in [6.45, 7) is 9.01. The standard InChI is InChI=1S/C19H28BrN3O/c1-2-3-4-14-24-19-7-6-18(20)15-17(19)16-23-12-10-22(11-13-23)9-5-8-21/h6-7,15H,2-5,9-14,16H2,1H3. The first-order chi connectivity index (χ1) is 11.7. The van der Waals surface area contributed by atoms with Gasteiger partial charge in [-0.05, 0) is 24.6 Å². The first-order valence-electron chi connectivity index (χ1n) is 8.96. The van der Waals surface area contributed by atoms with E-state index in [4.69, 9.17) is 10.00 Å². The van der Waals surface area contributed by atoms with Gasteiger partial charge in [0, 0.05) is 55.7 Å². The number of unbranched alkanes of at least 4 members (excludes halogenated alkanes) is 2. The highest BCUT2D eigenvalue weighted by Gasteiger charge is 2.18. The molecule has 2 rings (SSSR count). The van der Waals surface area contributed by atoms with Gasteiger partial charge < -0.3 is 4.74 Å². The van der Waals surface area contributed by atoms with Gasteiger partial charge in [-0.2, -0.15) is 5.26 Å². The highest BCUT2D eigenvalue weighted by molar-refractivity contribution is 9.10. The third-order valence-electron chi connectivity index (χ3n) is 4.43. The molecule has 5 heteroatoms. The van der Waals surface area contributed by atoms with Gasteiger partial charge in [-0.1, -0.05) is 35.7 Å². The van der Waals surface area contributed by atoms with E-state index in [9.17, 15) is 0 Å². The minimum absolute atomic E-state index is 0.626. The van der Waals surface area contributed by atoms with Crippen molar-refractivity contribution >= 4 is 15.9 Å². The summed E-state index contributed by atoms with van der Waals surface area (Å²) < 4.78 is 7.12. The topological polar surface area (TPSA) is 39.5 Å². The van der Waals surface area contributed by atoms with Gasteiger partial charge in [-0.15, -0.1) is 0 Å². The van der Waals surface area contributed by atoms with Crippen molar-refractivity contribution in [3.8, 4) is 11.8 Å². The fraction of sp³-hybridized carbons (Fsp3) is 0.632. The molecule has 0 aromatic heterocycles. The molecule has 1 aromatic carbocycles. The zero-order valence-corrected chi connectivity index (χ0v) is 16.2. The summed E-state index contributed by atoms with van der Waals surface area (Å²) in [4.78, 5) is 4.85. The fourth-order valence-corrected chi connectivity index (χ4v) is 3.38. The monoisotopic (exact) mass is 393 g/mol. The van der Waals surface area contributed by atoms with Crippen molar-refractivity contribution in [1.29, 1.82) is 5.26 Å². The Hall–Kier alpha value is -1.09. The lowest BCUT2D eigenvalue weighted by molar-refractivity contribution is 0.128. The van der Waals surface area contributed by atoms with E-state index in [0.717, 1.165) is 62.5 Å². The van der Waals surface area contributed by atoms with E-state index in [0.29, 0.717) is 6.42 Å². The Labute approximate surface area is 154 Å². The molecule has 0 aliphatic carbocycles. The number of hydrogen-bond donors (Lipinski definition) is 0. The van der Waals surface area contributed by atoms with Gasteiger partial charge in [0.05, 0.1) is 12.7 Å². The molecular formula is C19H28BrN3O. The van der Waals surface area contributed by atoms with Crippen LogP contribution in [0.25, 0.3) is 0 Å². The summed E-state index contributed by atoms with van der Waals surface area (Å²) in [6, 6.07) is 8.54. The second-order valence-electron chi connectivity index (χ2n) is 6.33. The summed E-state index contributed by atoms with van der Waals surface area (Å²) >= 11 is 3.58. The van der Waals surface area contributed by atoms with Crippen LogP contribution in [-0.2, 0) is 6.54 Å². The number of halogens is 1. The van der Waals surface area contributed by atoms with Crippen LogP contribution in [0.2, 0.25) is 0 Å². The van der Waals surface area contributed by atoms with Crippen LogP contribution in [0.4, 0.5) is 0 Å². The Balaban J connectivity index is 1.87. The van der Waals surface area contributed by atoms with Crippen LogP contribution in [0.5, 0.6) is 5.75 Å². The maximum absolute atomic E-state index is 8.70. The molecule has 24 heavy (non-hydrogen) atoms. The van der Waals surface area contributed by atoms with Crippen LogP contribution in [0.3, 0.4) is 0 Å². The first-order valence-corrected chi connectivity index (χ1v) is 9.75. The number of nitriles is 1. The molecule has 1 saturated heterocycles. The van der Waals surface area contributed by atoms with E-state index in [-0.39, 0.29) is 0 Å². The quantitative estimate of drug-likeness (QED) is 0.593. The minimum atomic E-state index is 0.626. The minimum Gasteiger partial charge on any atom is -0.493 e. The smallest absolute Gasteiger partial charge is 0.123 e. The zero-order valence-electron chi connectivity index (χ0n) is 14.6. The van der Waals surface area contributed by atoms with Gasteiger partial charge >= 0.3 is 0 Å². The Kier molecular flexibility index (Phi) is 8.58. The molecule has 0 bridgehead atoms. The molecule has 1 aromatic rings. The molecule has 0 N–H and O–H groups in total. The summed E-state index contributed by atoms with van der Waals surface area (Å²) in [6.07, 6.45) is 4.17. The molecule has 1 heterocycles. The maximum atomic E-state index is 8.70. The molecule has 0 radical (unpaired) electrons. The molecule has 0 spiro atoms. The Morgan fingerprint density at radius 1 is 1.17 bits per heavy atom. The Morgan fingerprint density at radius 3 is 2.62 bits per heavy atom. The normalized spacial score (nSPS) is 16.0. The van der Waals surface area contributed by atoms with Gasteiger partial charge in [0.15, 0.2) is 0 Å². The third kappa shape index (κ3) is 6.43. The van der Waals surface area contributed by atoms with Crippen LogP contribution in [0.15, 0.2) is 22.7 Å². The van der Waals surface area contributed by atoms with E-state index in [2.05, 4.69) is 56.9 Å². The number of ether oxygens (including phenoxy) is 1. The second kappa shape index (κ2) is 10.7. The van der Waals surface area contributed by atoms with Crippen molar-refractivity contribution < 1.29 is 4.74 Å². The molecule has 0 unspecified atom stereocenters. The molecule has 0 atom stereocenters. The van der Waals surface area contributed by atoms with Crippen molar-refractivity contribution in [1.82, 2.24) is 9.80 Å². The van der Waals surface area contributed by atoms with Crippen LogP contribution in [0.1, 0.15) is 38.2 Å². The summed E-state index contributed by atoms with van der Waals surface area (Å²) in [7, 11) is 0. The van der Waals surface area contributed by atoms with Gasteiger partial charge in [-0.3, -0.25) is 9.80 Å². The molecule has 4 nitrogen and oxygen atoms in total. The summed E-state index contributed by atoms with van der Waals surface area (Å²) in [5, 5.41) is 8.70. The van der Waals surface area contributed by atoms with Crippen LogP contribution in [0, 0.1) is 11.3 Å². The number of hydrogen-bond acceptors (Lipinski definition) is 4. The largest absolute Gasteiger partial charge is 0.493 e. The number of piperazine rings is 1. The second-order valence-corrected chi connectivity index (χ2v) is 7.25. The van der Waals surface area contributed by atoms with Crippen molar-refractivity contribution in [2.24, 2.45) is 0 Å². The molecule has 132 valence electrons. The molecule has 1 aliphatic heterocycles. The van der Waals surface area contributed by atoms with Crippen LogP contribution in [-0.4, -0.2) is 49.1 Å². The van der Waals surface area contributed by atoms with E-state index < -0.39 is 0 Å². The van der Waals surface area contributed by atoms with Crippen LogP contribution >= 0.6 is 15.9 Å². The maximum Gasteiger partial charge on any atom is 0.123 e. The van der Waals surface area contributed by atoms with Gasteiger partial charge in [0.1, 0.15) is 5.75 Å². The first kappa shape index (κ1) is 19.2. The lowest BCUT2D eigenvalue weighted by Gasteiger charge is -2.34. The predicted molar refractivity (Wildman–Crippen MR) is 101 cm³/mol. The lowest BCUT2D eigenvalue weighted by atomic mass is 10.1. The van der Waals surface area contributed by atoms with Gasteiger partial charge in [0.2, 0.25) is 0 Å². The average molecular weight is 394 g/mol. The van der Waals surface area contributed by atoms with Gasteiger partial charge in [0.25, 0.3) is 0 Å². The third-order valence-corrected chi connectivity index (χ3v) is 4.92. The van der Waals surface area contributed by atoms with E-state index >= 15 is 0 Å². The molecule has 0 amide bonds. The van der Waals surface area contributed by atoms with E-state index in [1.165, 1.54) is 18.4 Å². The molecule has 1 aliphatic rings. The molecule has 0 saturated carbocycles. The van der Waals surface area contributed by atoms with E-state index in [1.54, 1.807) is 0 Å². The van der Waals surface area contributed by atoms with Crippen molar-refractivity contribution in [3.05, 3.63) is 28.2 Å². The predicted octanol–water partition coefficient (Wildman–Crippen LogP) is 4.05. The number of benzene rings is 1. The summed E-state index contributed by atoms with van der Waals surface area (Å²) in [5.41, 5.74) is 1.26. The van der Waals surface area contributed by atoms with Crippen molar-refractivity contribution in [2.45, 2.75) is 39.2 Å². The lowest BCUT2D eigenvalue weighted by Crippen LogP contribution is -2.46.